The Balaban J connectivity index is 1.61. The lowest BCUT2D eigenvalue weighted by molar-refractivity contribution is -0.00415. The van der Waals surface area contributed by atoms with E-state index in [-0.39, 0.29) is 0 Å². The zero-order chi connectivity index (χ0) is 19.5. The number of benzene rings is 1. The van der Waals surface area contributed by atoms with Gasteiger partial charge >= 0.3 is 0 Å². The molecule has 2 atom stereocenters. The molecule has 0 unspecified atom stereocenters. The molecular formula is C23H36N2O3. The van der Waals surface area contributed by atoms with Crippen LogP contribution >= 0.6 is 0 Å². The van der Waals surface area contributed by atoms with E-state index in [2.05, 4.69) is 15.9 Å². The smallest absolute Gasteiger partial charge is 0.164 e. The first kappa shape index (κ1) is 19.8. The monoisotopic (exact) mass is 388 g/mol. The Morgan fingerprint density at radius 2 is 1.50 bits per heavy atom. The number of hydrogen-bond donors (Lipinski definition) is 0. The van der Waals surface area contributed by atoms with Crippen LogP contribution in [-0.4, -0.2) is 62.8 Å². The lowest BCUT2D eigenvalue weighted by Gasteiger charge is -2.49. The van der Waals surface area contributed by atoms with Crippen LogP contribution in [0, 0.1) is 5.92 Å². The van der Waals surface area contributed by atoms with E-state index in [1.165, 1.54) is 63.6 Å². The lowest BCUT2D eigenvalue weighted by Crippen LogP contribution is -2.59. The van der Waals surface area contributed by atoms with Gasteiger partial charge in [-0.2, -0.15) is 0 Å². The van der Waals surface area contributed by atoms with Crippen molar-refractivity contribution in [3.63, 3.8) is 0 Å². The maximum atomic E-state index is 5.72. The second-order valence-corrected chi connectivity index (χ2v) is 8.62. The Morgan fingerprint density at radius 1 is 0.786 bits per heavy atom. The highest BCUT2D eigenvalue weighted by molar-refractivity contribution is 5.50. The molecule has 0 aromatic heterocycles. The van der Waals surface area contributed by atoms with Crippen molar-refractivity contribution in [2.24, 2.45) is 5.92 Å². The number of fused-ring (bicyclic) bond motifs is 1. The van der Waals surface area contributed by atoms with Crippen LogP contribution in [-0.2, 0) is 6.54 Å². The third-order valence-electron chi connectivity index (χ3n) is 7.20. The largest absolute Gasteiger partial charge is 0.496 e. The Labute approximate surface area is 169 Å². The summed E-state index contributed by atoms with van der Waals surface area (Å²) < 4.78 is 16.8. The van der Waals surface area contributed by atoms with Crippen LogP contribution in [0.4, 0.5) is 0 Å². The Hall–Kier alpha value is -1.46. The third kappa shape index (κ3) is 3.84. The fourth-order valence-corrected chi connectivity index (χ4v) is 5.87. The summed E-state index contributed by atoms with van der Waals surface area (Å²) in [5, 5.41) is 0. The standard InChI is InChI=1S/C23H36N2O3/c1-26-20-15-22(28-3)21(27-2)14-18(20)16-25-13-12-24-11-7-10-19(24)23(25)17-8-5-4-6-9-17/h14-15,17,19,23H,4-13,16H2,1-3H3/t19-,23-/m0/s1. The second-order valence-electron chi connectivity index (χ2n) is 8.62. The Bertz CT molecular complexity index is 659. The average molecular weight is 389 g/mol. The van der Waals surface area contributed by atoms with Gasteiger partial charge in [0, 0.05) is 43.3 Å². The Kier molecular flexibility index (Phi) is 6.32. The van der Waals surface area contributed by atoms with Gasteiger partial charge in [0.15, 0.2) is 11.5 Å². The molecule has 0 N–H and O–H groups in total. The van der Waals surface area contributed by atoms with Crippen molar-refractivity contribution in [2.45, 2.75) is 63.6 Å². The summed E-state index contributed by atoms with van der Waals surface area (Å²) in [6, 6.07) is 5.49. The van der Waals surface area contributed by atoms with Crippen LogP contribution in [0.15, 0.2) is 12.1 Å². The van der Waals surface area contributed by atoms with Gasteiger partial charge in [0.25, 0.3) is 0 Å². The van der Waals surface area contributed by atoms with Crippen molar-refractivity contribution in [2.75, 3.05) is 41.0 Å². The first-order chi connectivity index (χ1) is 13.7. The number of rotatable bonds is 6. The molecule has 3 aliphatic rings. The second kappa shape index (κ2) is 8.91. The van der Waals surface area contributed by atoms with E-state index in [0.717, 1.165) is 42.3 Å². The quantitative estimate of drug-likeness (QED) is 0.737. The minimum Gasteiger partial charge on any atom is -0.496 e. The van der Waals surface area contributed by atoms with Crippen molar-refractivity contribution in [1.82, 2.24) is 9.80 Å². The fourth-order valence-electron chi connectivity index (χ4n) is 5.87. The SMILES string of the molecule is COc1cc(OC)c(OC)cc1CN1CCN2CCC[C@H]2[C@@H]1C1CCCCC1. The van der Waals surface area contributed by atoms with Crippen LogP contribution in [0.2, 0.25) is 0 Å². The van der Waals surface area contributed by atoms with E-state index in [1.807, 2.05) is 6.07 Å². The van der Waals surface area contributed by atoms with Gasteiger partial charge in [-0.1, -0.05) is 19.3 Å². The number of nitrogens with zero attached hydrogens (tertiary/aromatic N) is 2. The predicted octanol–water partition coefficient (Wildman–Crippen LogP) is 3.94. The molecule has 0 bridgehead atoms. The topological polar surface area (TPSA) is 34.2 Å². The summed E-state index contributed by atoms with van der Waals surface area (Å²) in [5.41, 5.74) is 1.20. The molecule has 1 aromatic rings. The molecule has 1 aromatic carbocycles. The van der Waals surface area contributed by atoms with Crippen LogP contribution in [0.3, 0.4) is 0 Å². The third-order valence-corrected chi connectivity index (χ3v) is 7.20. The molecule has 2 heterocycles. The molecule has 28 heavy (non-hydrogen) atoms. The summed E-state index contributed by atoms with van der Waals surface area (Å²) in [6.45, 7) is 4.56. The van der Waals surface area contributed by atoms with Crippen molar-refractivity contribution in [3.8, 4) is 17.2 Å². The van der Waals surface area contributed by atoms with Gasteiger partial charge in [-0.3, -0.25) is 9.80 Å². The predicted molar refractivity (Wildman–Crippen MR) is 111 cm³/mol. The zero-order valence-electron chi connectivity index (χ0n) is 17.8. The molecule has 1 aliphatic carbocycles. The molecule has 0 spiro atoms. The van der Waals surface area contributed by atoms with Crippen LogP contribution in [0.1, 0.15) is 50.5 Å². The number of hydrogen-bond acceptors (Lipinski definition) is 5. The molecule has 4 rings (SSSR count). The highest BCUT2D eigenvalue weighted by Gasteiger charge is 2.43. The van der Waals surface area contributed by atoms with Gasteiger partial charge in [0.1, 0.15) is 5.75 Å². The van der Waals surface area contributed by atoms with Gasteiger partial charge < -0.3 is 14.2 Å². The van der Waals surface area contributed by atoms with Crippen molar-refractivity contribution >= 4 is 0 Å². The van der Waals surface area contributed by atoms with Gasteiger partial charge in [0.2, 0.25) is 0 Å². The maximum absolute atomic E-state index is 5.72. The molecule has 0 radical (unpaired) electrons. The molecule has 2 aliphatic heterocycles. The summed E-state index contributed by atoms with van der Waals surface area (Å²) in [7, 11) is 5.13. The van der Waals surface area contributed by atoms with Crippen molar-refractivity contribution in [3.05, 3.63) is 17.7 Å². The minimum atomic E-state index is 0.675. The molecule has 5 heteroatoms. The maximum Gasteiger partial charge on any atom is 0.164 e. The first-order valence-electron chi connectivity index (χ1n) is 11.0. The summed E-state index contributed by atoms with van der Waals surface area (Å²) >= 11 is 0. The molecule has 1 saturated carbocycles. The normalized spacial score (nSPS) is 26.8. The average Bonchev–Trinajstić information content (AvgIpc) is 3.22. The van der Waals surface area contributed by atoms with E-state index >= 15 is 0 Å². The summed E-state index contributed by atoms with van der Waals surface area (Å²) in [6.07, 6.45) is 9.75. The number of ether oxygens (including phenoxy) is 3. The van der Waals surface area contributed by atoms with E-state index in [9.17, 15) is 0 Å². The lowest BCUT2D eigenvalue weighted by atomic mass is 9.78. The number of methoxy groups -OCH3 is 3. The van der Waals surface area contributed by atoms with Gasteiger partial charge in [-0.05, 0) is 44.2 Å². The highest BCUT2D eigenvalue weighted by atomic mass is 16.5. The molecule has 5 nitrogen and oxygen atoms in total. The van der Waals surface area contributed by atoms with E-state index in [4.69, 9.17) is 14.2 Å². The summed E-state index contributed by atoms with van der Waals surface area (Å²) in [4.78, 5) is 5.52. The van der Waals surface area contributed by atoms with Gasteiger partial charge in [-0.15, -0.1) is 0 Å². The van der Waals surface area contributed by atoms with Crippen molar-refractivity contribution in [1.29, 1.82) is 0 Å². The van der Waals surface area contributed by atoms with Crippen LogP contribution < -0.4 is 14.2 Å². The molecule has 3 fully saturated rings. The van der Waals surface area contributed by atoms with E-state index in [0.29, 0.717) is 6.04 Å². The van der Waals surface area contributed by atoms with Gasteiger partial charge in [-0.25, -0.2) is 0 Å². The Morgan fingerprint density at radius 3 is 2.21 bits per heavy atom. The number of piperazine rings is 1. The van der Waals surface area contributed by atoms with Crippen molar-refractivity contribution < 1.29 is 14.2 Å². The minimum absolute atomic E-state index is 0.675. The molecule has 0 amide bonds. The van der Waals surface area contributed by atoms with Crippen LogP contribution in [0.5, 0.6) is 17.2 Å². The highest BCUT2D eigenvalue weighted by Crippen LogP contribution is 2.40. The zero-order valence-corrected chi connectivity index (χ0v) is 17.8. The van der Waals surface area contributed by atoms with Gasteiger partial charge in [0.05, 0.1) is 21.3 Å². The fraction of sp³-hybridized carbons (Fsp3) is 0.739. The molecular weight excluding hydrogens is 352 g/mol. The summed E-state index contributed by atoms with van der Waals surface area (Å²) in [5.74, 6) is 3.25. The van der Waals surface area contributed by atoms with E-state index in [1.54, 1.807) is 21.3 Å². The van der Waals surface area contributed by atoms with Crippen LogP contribution in [0.25, 0.3) is 0 Å². The molecule has 156 valence electrons. The first-order valence-corrected chi connectivity index (χ1v) is 11.0. The van der Waals surface area contributed by atoms with E-state index < -0.39 is 0 Å². The molecule has 2 saturated heterocycles.